The number of carbonyl (C=O) groups is 1. The minimum Gasteiger partial charge on any atom is -0.368 e. The number of hydrogen-bond acceptors (Lipinski definition) is 3. The van der Waals surface area contributed by atoms with Gasteiger partial charge in [-0.3, -0.25) is 9.69 Å². The number of primary amides is 1. The van der Waals surface area contributed by atoms with Crippen molar-refractivity contribution in [1.82, 2.24) is 10.2 Å². The van der Waals surface area contributed by atoms with Crippen molar-refractivity contribution in [3.63, 3.8) is 0 Å². The summed E-state index contributed by atoms with van der Waals surface area (Å²) in [5.74, 6) is -0.429. The van der Waals surface area contributed by atoms with Gasteiger partial charge in [0.05, 0.1) is 12.1 Å². The van der Waals surface area contributed by atoms with Crippen molar-refractivity contribution >= 4 is 5.91 Å². The third kappa shape index (κ3) is 4.32. The number of alkyl halides is 3. The highest BCUT2D eigenvalue weighted by atomic mass is 19.4. The predicted molar refractivity (Wildman–Crippen MR) is 73.6 cm³/mol. The van der Waals surface area contributed by atoms with E-state index in [1.165, 1.54) is 4.90 Å². The Morgan fingerprint density at radius 3 is 2.52 bits per heavy atom. The highest BCUT2D eigenvalue weighted by molar-refractivity contribution is 5.85. The lowest BCUT2D eigenvalue weighted by Crippen LogP contribution is -2.61. The van der Waals surface area contributed by atoms with Gasteiger partial charge in [0.2, 0.25) is 5.91 Å². The zero-order valence-corrected chi connectivity index (χ0v) is 12.4. The number of rotatable bonds is 6. The summed E-state index contributed by atoms with van der Waals surface area (Å²) in [7, 11) is 0. The molecule has 2 fully saturated rings. The molecule has 0 bridgehead atoms. The zero-order valence-electron chi connectivity index (χ0n) is 12.4. The van der Waals surface area contributed by atoms with Crippen LogP contribution in [0.3, 0.4) is 0 Å². The number of carbonyl (C=O) groups excluding carboxylic acids is 1. The molecule has 0 aliphatic heterocycles. The van der Waals surface area contributed by atoms with Crippen LogP contribution in [-0.4, -0.2) is 47.7 Å². The lowest BCUT2D eigenvalue weighted by atomic mass is 9.77. The van der Waals surface area contributed by atoms with Gasteiger partial charge in [-0.15, -0.1) is 0 Å². The van der Waals surface area contributed by atoms with Crippen LogP contribution in [0.4, 0.5) is 13.2 Å². The Bertz CT molecular complexity index is 384. The molecule has 0 aromatic heterocycles. The Morgan fingerprint density at radius 1 is 1.38 bits per heavy atom. The Labute approximate surface area is 123 Å². The van der Waals surface area contributed by atoms with E-state index >= 15 is 0 Å². The van der Waals surface area contributed by atoms with E-state index in [-0.39, 0.29) is 6.04 Å². The fourth-order valence-corrected chi connectivity index (χ4v) is 3.33. The zero-order chi connectivity index (χ0) is 15.7. The molecule has 1 amide bonds. The molecule has 2 aliphatic carbocycles. The lowest BCUT2D eigenvalue weighted by Gasteiger charge is -2.43. The average Bonchev–Trinajstić information content (AvgIpc) is 3.18. The third-order valence-electron chi connectivity index (χ3n) is 4.56. The first kappa shape index (κ1) is 16.5. The molecule has 0 radical (unpaired) electrons. The van der Waals surface area contributed by atoms with E-state index in [2.05, 4.69) is 5.32 Å². The van der Waals surface area contributed by atoms with Crippen LogP contribution in [0.1, 0.15) is 45.4 Å². The number of halogens is 3. The summed E-state index contributed by atoms with van der Waals surface area (Å²) >= 11 is 0. The molecule has 122 valence electrons. The summed E-state index contributed by atoms with van der Waals surface area (Å²) in [6, 6.07) is 0.0538. The molecule has 0 saturated heterocycles. The van der Waals surface area contributed by atoms with Crippen LogP contribution in [0.25, 0.3) is 0 Å². The minimum absolute atomic E-state index is 0.246. The highest BCUT2D eigenvalue weighted by Gasteiger charge is 2.46. The van der Waals surface area contributed by atoms with Crippen molar-refractivity contribution in [3.05, 3.63) is 0 Å². The molecule has 0 aromatic rings. The first-order valence-corrected chi connectivity index (χ1v) is 7.64. The molecule has 21 heavy (non-hydrogen) atoms. The predicted octanol–water partition coefficient (Wildman–Crippen LogP) is 1.79. The van der Waals surface area contributed by atoms with Gasteiger partial charge in [-0.05, 0) is 45.1 Å². The molecule has 2 rings (SSSR count). The van der Waals surface area contributed by atoms with E-state index in [0.717, 1.165) is 19.3 Å². The van der Waals surface area contributed by atoms with Gasteiger partial charge in [-0.1, -0.05) is 6.92 Å². The maximum absolute atomic E-state index is 12.7. The summed E-state index contributed by atoms with van der Waals surface area (Å²) in [5, 5.41) is 3.30. The van der Waals surface area contributed by atoms with Crippen molar-refractivity contribution in [2.24, 2.45) is 5.73 Å². The quantitative estimate of drug-likeness (QED) is 0.786. The van der Waals surface area contributed by atoms with Crippen LogP contribution in [0.15, 0.2) is 0 Å². The molecular weight excluding hydrogens is 283 g/mol. The van der Waals surface area contributed by atoms with Crippen LogP contribution < -0.4 is 11.1 Å². The van der Waals surface area contributed by atoms with Crippen molar-refractivity contribution in [2.45, 2.75) is 69.2 Å². The molecular formula is C14H24F3N3O. The maximum Gasteiger partial charge on any atom is 0.401 e. The lowest BCUT2D eigenvalue weighted by molar-refractivity contribution is -0.153. The van der Waals surface area contributed by atoms with Crippen LogP contribution in [0, 0.1) is 0 Å². The van der Waals surface area contributed by atoms with Gasteiger partial charge in [0.15, 0.2) is 0 Å². The first-order valence-electron chi connectivity index (χ1n) is 7.64. The second-order valence-electron chi connectivity index (χ2n) is 6.29. The first-order chi connectivity index (χ1) is 9.76. The fraction of sp³-hybridized carbons (Fsp3) is 0.929. The SMILES string of the molecule is CCN(CC(F)(F)F)C1CCCC(NC2CC2)(C(N)=O)C1. The molecule has 0 aromatic carbocycles. The molecule has 2 aliphatic rings. The van der Waals surface area contributed by atoms with E-state index < -0.39 is 24.2 Å². The normalized spacial score (nSPS) is 30.6. The molecule has 2 saturated carbocycles. The third-order valence-corrected chi connectivity index (χ3v) is 4.56. The monoisotopic (exact) mass is 307 g/mol. The second-order valence-corrected chi connectivity index (χ2v) is 6.29. The maximum atomic E-state index is 12.7. The average molecular weight is 307 g/mol. The van der Waals surface area contributed by atoms with Gasteiger partial charge in [-0.25, -0.2) is 0 Å². The number of nitrogens with zero attached hydrogens (tertiary/aromatic N) is 1. The van der Waals surface area contributed by atoms with Crippen molar-refractivity contribution in [3.8, 4) is 0 Å². The van der Waals surface area contributed by atoms with Crippen molar-refractivity contribution in [2.75, 3.05) is 13.1 Å². The van der Waals surface area contributed by atoms with Gasteiger partial charge >= 0.3 is 6.18 Å². The Hall–Kier alpha value is -0.820. The van der Waals surface area contributed by atoms with Crippen LogP contribution >= 0.6 is 0 Å². The van der Waals surface area contributed by atoms with E-state index in [9.17, 15) is 18.0 Å². The van der Waals surface area contributed by atoms with E-state index in [1.807, 2.05) is 0 Å². The largest absolute Gasteiger partial charge is 0.401 e. The topological polar surface area (TPSA) is 58.4 Å². The molecule has 3 N–H and O–H groups in total. The number of nitrogens with two attached hydrogens (primary N) is 1. The van der Waals surface area contributed by atoms with Gasteiger partial charge in [0.25, 0.3) is 0 Å². The summed E-state index contributed by atoms with van der Waals surface area (Å²) in [6.45, 7) is 1.12. The molecule has 0 heterocycles. The standard InChI is InChI=1S/C14H24F3N3O/c1-2-20(9-14(15,16)17)11-4-3-7-13(8-11,12(18)21)19-10-5-6-10/h10-11,19H,2-9H2,1H3,(H2,18,21). The van der Waals surface area contributed by atoms with Crippen LogP contribution in [0.5, 0.6) is 0 Å². The molecule has 7 heteroatoms. The Balaban J connectivity index is 2.07. The van der Waals surface area contributed by atoms with Crippen molar-refractivity contribution in [1.29, 1.82) is 0 Å². The summed E-state index contributed by atoms with van der Waals surface area (Å²) in [4.78, 5) is 13.3. The van der Waals surface area contributed by atoms with Gasteiger partial charge in [0, 0.05) is 12.1 Å². The van der Waals surface area contributed by atoms with Gasteiger partial charge < -0.3 is 11.1 Å². The second kappa shape index (κ2) is 6.12. The van der Waals surface area contributed by atoms with Crippen molar-refractivity contribution < 1.29 is 18.0 Å². The number of amides is 1. The van der Waals surface area contributed by atoms with E-state index in [1.54, 1.807) is 6.92 Å². The molecule has 0 spiro atoms. The summed E-state index contributed by atoms with van der Waals surface area (Å²) in [5.41, 5.74) is 4.74. The Morgan fingerprint density at radius 2 is 2.05 bits per heavy atom. The van der Waals surface area contributed by atoms with Gasteiger partial charge in [-0.2, -0.15) is 13.2 Å². The summed E-state index contributed by atoms with van der Waals surface area (Å²) in [6.07, 6.45) is 0.223. The van der Waals surface area contributed by atoms with Gasteiger partial charge in [0.1, 0.15) is 0 Å². The number of nitrogens with one attached hydrogen (secondary N) is 1. The minimum atomic E-state index is -4.22. The van der Waals surface area contributed by atoms with Crippen LogP contribution in [0.2, 0.25) is 0 Å². The fourth-order valence-electron chi connectivity index (χ4n) is 3.33. The molecule has 2 unspecified atom stereocenters. The highest BCUT2D eigenvalue weighted by Crippen LogP contribution is 2.35. The summed E-state index contributed by atoms with van der Waals surface area (Å²) < 4.78 is 38.0. The number of hydrogen-bond donors (Lipinski definition) is 2. The van der Waals surface area contributed by atoms with E-state index in [0.29, 0.717) is 31.8 Å². The van der Waals surface area contributed by atoms with Crippen LogP contribution in [-0.2, 0) is 4.79 Å². The Kier molecular flexibility index (Phi) is 4.82. The smallest absolute Gasteiger partial charge is 0.368 e. The molecule has 2 atom stereocenters. The van der Waals surface area contributed by atoms with E-state index in [4.69, 9.17) is 5.73 Å². The molecule has 4 nitrogen and oxygen atoms in total.